The third kappa shape index (κ3) is 3.00. The van der Waals surface area contributed by atoms with E-state index in [0.29, 0.717) is 29.9 Å². The van der Waals surface area contributed by atoms with Gasteiger partial charge in [0.15, 0.2) is 0 Å². The van der Waals surface area contributed by atoms with Gasteiger partial charge in [-0.25, -0.2) is 0 Å². The van der Waals surface area contributed by atoms with Crippen molar-refractivity contribution >= 4 is 23.0 Å². The van der Waals surface area contributed by atoms with Gasteiger partial charge in [-0.2, -0.15) is 0 Å². The Labute approximate surface area is 109 Å². The molecule has 1 aromatic carbocycles. The number of nitro groups is 1. The number of aliphatic hydroxyl groups is 1. The number of benzene rings is 1. The van der Waals surface area contributed by atoms with E-state index in [0.717, 1.165) is 0 Å². The van der Waals surface area contributed by atoms with Gasteiger partial charge in [0.05, 0.1) is 17.4 Å². The lowest BCUT2D eigenvalue weighted by Gasteiger charge is -2.10. The van der Waals surface area contributed by atoms with Crippen LogP contribution in [-0.2, 0) is 11.2 Å². The van der Waals surface area contributed by atoms with Crippen LogP contribution in [0.25, 0.3) is 0 Å². The number of rotatable bonds is 5. The molecule has 0 aromatic heterocycles. The number of hydrogen-bond acceptors (Lipinski definition) is 5. The van der Waals surface area contributed by atoms with Crippen LogP contribution in [0.5, 0.6) is 0 Å². The molecule has 7 nitrogen and oxygen atoms in total. The van der Waals surface area contributed by atoms with Crippen molar-refractivity contribution < 1.29 is 14.8 Å². The van der Waals surface area contributed by atoms with E-state index < -0.39 is 11.0 Å². The highest BCUT2D eigenvalue weighted by Crippen LogP contribution is 2.34. The van der Waals surface area contributed by atoms with Gasteiger partial charge >= 0.3 is 0 Å². The molecule has 19 heavy (non-hydrogen) atoms. The average molecular weight is 265 g/mol. The molecular formula is C12H15N3O4. The molecule has 102 valence electrons. The Bertz CT molecular complexity index is 528. The van der Waals surface area contributed by atoms with Gasteiger partial charge < -0.3 is 15.7 Å². The molecule has 0 bridgehead atoms. The molecule has 0 spiro atoms. The SMILES string of the molecule is CC(O)CCNc1cc2c(cc1[N+](=O)[O-])CC(=O)N2. The first-order chi connectivity index (χ1) is 8.97. The van der Waals surface area contributed by atoms with Crippen LogP contribution in [0.15, 0.2) is 12.1 Å². The van der Waals surface area contributed by atoms with Crippen molar-refractivity contribution in [3.63, 3.8) is 0 Å². The van der Waals surface area contributed by atoms with Gasteiger partial charge in [-0.1, -0.05) is 0 Å². The van der Waals surface area contributed by atoms with Crippen LogP contribution in [0, 0.1) is 10.1 Å². The fourth-order valence-corrected chi connectivity index (χ4v) is 1.97. The Hall–Kier alpha value is -2.15. The molecule has 1 amide bonds. The van der Waals surface area contributed by atoms with Crippen LogP contribution in [0.2, 0.25) is 0 Å². The highest BCUT2D eigenvalue weighted by Gasteiger charge is 2.24. The van der Waals surface area contributed by atoms with E-state index in [2.05, 4.69) is 10.6 Å². The average Bonchev–Trinajstić information content (AvgIpc) is 2.66. The molecule has 1 aromatic rings. The van der Waals surface area contributed by atoms with Crippen molar-refractivity contribution in [1.82, 2.24) is 0 Å². The molecule has 1 atom stereocenters. The summed E-state index contributed by atoms with van der Waals surface area (Å²) in [6.07, 6.45) is 0.186. The third-order valence-electron chi connectivity index (χ3n) is 2.92. The molecule has 1 unspecified atom stereocenters. The monoisotopic (exact) mass is 265 g/mol. The summed E-state index contributed by atoms with van der Waals surface area (Å²) in [5.74, 6) is -0.162. The number of fused-ring (bicyclic) bond motifs is 1. The van der Waals surface area contributed by atoms with Crippen molar-refractivity contribution in [2.75, 3.05) is 17.2 Å². The minimum atomic E-state index is -0.478. The molecule has 1 aliphatic rings. The summed E-state index contributed by atoms with van der Waals surface area (Å²) in [6.45, 7) is 2.07. The Morgan fingerprint density at radius 2 is 2.32 bits per heavy atom. The van der Waals surface area contributed by atoms with E-state index in [1.807, 2.05) is 0 Å². The molecule has 7 heteroatoms. The lowest BCUT2D eigenvalue weighted by Crippen LogP contribution is -2.11. The number of amides is 1. The fourth-order valence-electron chi connectivity index (χ4n) is 1.97. The van der Waals surface area contributed by atoms with E-state index in [4.69, 9.17) is 5.11 Å². The first-order valence-corrected chi connectivity index (χ1v) is 6.00. The van der Waals surface area contributed by atoms with Crippen molar-refractivity contribution in [1.29, 1.82) is 0 Å². The van der Waals surface area contributed by atoms with Crippen LogP contribution in [0.4, 0.5) is 17.1 Å². The number of hydrogen-bond donors (Lipinski definition) is 3. The highest BCUT2D eigenvalue weighted by molar-refractivity contribution is 6.00. The Morgan fingerprint density at radius 3 is 2.95 bits per heavy atom. The highest BCUT2D eigenvalue weighted by atomic mass is 16.6. The predicted octanol–water partition coefficient (Wildman–Crippen LogP) is 1.27. The summed E-state index contributed by atoms with van der Waals surface area (Å²) >= 11 is 0. The van der Waals surface area contributed by atoms with Gasteiger partial charge in [0.25, 0.3) is 5.69 Å². The Kier molecular flexibility index (Phi) is 3.66. The zero-order valence-corrected chi connectivity index (χ0v) is 10.5. The summed E-state index contributed by atoms with van der Waals surface area (Å²) < 4.78 is 0. The lowest BCUT2D eigenvalue weighted by atomic mass is 10.1. The van der Waals surface area contributed by atoms with Crippen LogP contribution in [0.3, 0.4) is 0 Å². The summed E-state index contributed by atoms with van der Waals surface area (Å²) in [7, 11) is 0. The van der Waals surface area contributed by atoms with Crippen LogP contribution in [0.1, 0.15) is 18.9 Å². The maximum atomic E-state index is 11.3. The minimum Gasteiger partial charge on any atom is -0.393 e. The summed E-state index contributed by atoms with van der Waals surface area (Å²) in [5, 5.41) is 25.7. The smallest absolute Gasteiger partial charge is 0.292 e. The molecule has 0 fully saturated rings. The van der Waals surface area contributed by atoms with Crippen molar-refractivity contribution in [3.8, 4) is 0 Å². The zero-order chi connectivity index (χ0) is 14.0. The quantitative estimate of drug-likeness (QED) is 0.549. The van der Waals surface area contributed by atoms with Crippen LogP contribution < -0.4 is 10.6 Å². The number of nitro benzene ring substituents is 1. The number of nitrogens with one attached hydrogen (secondary N) is 2. The summed E-state index contributed by atoms with van der Waals surface area (Å²) in [5.41, 5.74) is 1.54. The molecular weight excluding hydrogens is 250 g/mol. The van der Waals surface area contributed by atoms with E-state index >= 15 is 0 Å². The first kappa shape index (κ1) is 13.3. The largest absolute Gasteiger partial charge is 0.393 e. The van der Waals surface area contributed by atoms with Crippen molar-refractivity contribution in [3.05, 3.63) is 27.8 Å². The van der Waals surface area contributed by atoms with Crippen LogP contribution >= 0.6 is 0 Å². The molecule has 3 N–H and O–H groups in total. The van der Waals surface area contributed by atoms with Gasteiger partial charge in [0.1, 0.15) is 5.69 Å². The lowest BCUT2D eigenvalue weighted by molar-refractivity contribution is -0.384. The molecule has 2 rings (SSSR count). The van der Waals surface area contributed by atoms with Gasteiger partial charge in [-0.05, 0) is 25.0 Å². The van der Waals surface area contributed by atoms with Gasteiger partial charge in [0, 0.05) is 18.3 Å². The van der Waals surface area contributed by atoms with Gasteiger partial charge in [-0.3, -0.25) is 14.9 Å². The Morgan fingerprint density at radius 1 is 1.58 bits per heavy atom. The van der Waals surface area contributed by atoms with Crippen LogP contribution in [-0.4, -0.2) is 28.6 Å². The topological polar surface area (TPSA) is 104 Å². The summed E-state index contributed by atoms with van der Waals surface area (Å²) in [4.78, 5) is 21.8. The normalized spacial score (nSPS) is 14.7. The number of carbonyl (C=O) groups excluding carboxylic acids is 1. The maximum Gasteiger partial charge on any atom is 0.292 e. The second-order valence-corrected chi connectivity index (χ2v) is 4.57. The second-order valence-electron chi connectivity index (χ2n) is 4.57. The van der Waals surface area contributed by atoms with E-state index in [1.165, 1.54) is 6.07 Å². The summed E-state index contributed by atoms with van der Waals surface area (Å²) in [6, 6.07) is 2.98. The third-order valence-corrected chi connectivity index (χ3v) is 2.92. The zero-order valence-electron chi connectivity index (χ0n) is 10.5. The molecule has 0 saturated carbocycles. The Balaban J connectivity index is 2.23. The maximum absolute atomic E-state index is 11.3. The van der Waals surface area contributed by atoms with Gasteiger partial charge in [-0.15, -0.1) is 0 Å². The fraction of sp³-hybridized carbons (Fsp3) is 0.417. The number of anilines is 2. The van der Waals surface area contributed by atoms with E-state index in [9.17, 15) is 14.9 Å². The minimum absolute atomic E-state index is 0.0548. The van der Waals surface area contributed by atoms with Gasteiger partial charge in [0.2, 0.25) is 5.91 Å². The number of carbonyl (C=O) groups is 1. The predicted molar refractivity (Wildman–Crippen MR) is 70.2 cm³/mol. The molecule has 0 radical (unpaired) electrons. The molecule has 0 saturated heterocycles. The second kappa shape index (κ2) is 5.23. The molecule has 0 aliphatic carbocycles. The molecule has 1 aliphatic heterocycles. The first-order valence-electron chi connectivity index (χ1n) is 6.00. The van der Waals surface area contributed by atoms with Crippen molar-refractivity contribution in [2.45, 2.75) is 25.9 Å². The molecule has 1 heterocycles. The standard InChI is InChI=1S/C12H15N3O4/c1-7(16)2-3-13-10-6-9-8(5-12(17)14-9)4-11(10)15(18)19/h4,6-7,13,16H,2-3,5H2,1H3,(H,14,17). The number of aliphatic hydroxyl groups excluding tert-OH is 1. The number of nitrogens with zero attached hydrogens (tertiary/aromatic N) is 1. The van der Waals surface area contributed by atoms with Crippen molar-refractivity contribution in [2.24, 2.45) is 0 Å². The van der Waals surface area contributed by atoms with E-state index in [1.54, 1.807) is 13.0 Å². The van der Waals surface area contributed by atoms with E-state index in [-0.39, 0.29) is 18.0 Å².